The molecule has 22 heavy (non-hydrogen) atoms. The van der Waals surface area contributed by atoms with E-state index in [1.165, 1.54) is 6.42 Å². The molecule has 0 radical (unpaired) electrons. The van der Waals surface area contributed by atoms with Crippen molar-refractivity contribution in [1.29, 1.82) is 0 Å². The van der Waals surface area contributed by atoms with Gasteiger partial charge < -0.3 is 14.6 Å². The fourth-order valence-corrected chi connectivity index (χ4v) is 3.48. The number of imidazole rings is 1. The van der Waals surface area contributed by atoms with Gasteiger partial charge in [0.1, 0.15) is 17.4 Å². The number of carbonyl (C=O) groups excluding carboxylic acids is 1. The lowest BCUT2D eigenvalue weighted by Gasteiger charge is -2.24. The van der Waals surface area contributed by atoms with Crippen molar-refractivity contribution in [3.05, 3.63) is 41.3 Å². The minimum atomic E-state index is 0.0111. The Morgan fingerprint density at radius 3 is 3.14 bits per heavy atom. The van der Waals surface area contributed by atoms with Crippen molar-refractivity contribution in [2.24, 2.45) is 0 Å². The van der Waals surface area contributed by atoms with Crippen LogP contribution in [0, 0.1) is 0 Å². The highest BCUT2D eigenvalue weighted by Crippen LogP contribution is 2.39. The highest BCUT2D eigenvalue weighted by atomic mass is 16.5. The van der Waals surface area contributed by atoms with Crippen LogP contribution in [-0.4, -0.2) is 22.6 Å². The van der Waals surface area contributed by atoms with Crippen LogP contribution in [0.3, 0.4) is 0 Å². The number of methoxy groups -OCH3 is 1. The smallest absolute Gasteiger partial charge is 0.226 e. The molecular weight excluding hydrogens is 278 g/mol. The maximum Gasteiger partial charge on any atom is 0.226 e. The number of fused-ring (bicyclic) bond motifs is 3. The quantitative estimate of drug-likeness (QED) is 0.927. The fourth-order valence-electron chi connectivity index (χ4n) is 3.48. The molecule has 3 heterocycles. The lowest BCUT2D eigenvalue weighted by atomic mass is 9.90. The van der Waals surface area contributed by atoms with Crippen LogP contribution in [0.15, 0.2) is 24.3 Å². The molecule has 4 rings (SSSR count). The third kappa shape index (κ3) is 2.08. The van der Waals surface area contributed by atoms with Gasteiger partial charge in [0.15, 0.2) is 0 Å². The summed E-state index contributed by atoms with van der Waals surface area (Å²) < 4.78 is 7.50. The van der Waals surface area contributed by atoms with Crippen LogP contribution in [0.5, 0.6) is 5.75 Å². The first-order chi connectivity index (χ1) is 10.8. The zero-order valence-electron chi connectivity index (χ0n) is 12.6. The molecule has 0 spiro atoms. The van der Waals surface area contributed by atoms with Crippen LogP contribution in [-0.2, 0) is 17.8 Å². The number of amides is 1. The number of nitrogens with one attached hydrogen (secondary N) is 1. The predicted molar refractivity (Wildman–Crippen MR) is 83.2 cm³/mol. The first-order valence-electron chi connectivity index (χ1n) is 7.79. The molecule has 0 bridgehead atoms. The van der Waals surface area contributed by atoms with E-state index in [4.69, 9.17) is 9.72 Å². The molecule has 2 aliphatic heterocycles. The molecule has 2 aliphatic rings. The topological polar surface area (TPSA) is 56.1 Å². The summed E-state index contributed by atoms with van der Waals surface area (Å²) in [7, 11) is 1.66. The van der Waals surface area contributed by atoms with Gasteiger partial charge in [-0.1, -0.05) is 12.1 Å². The SMILES string of the molecule is COc1cccc([C@@H]2CC(=O)Nc3c2nc2n3CCCC2)c1. The lowest BCUT2D eigenvalue weighted by Crippen LogP contribution is -2.25. The van der Waals surface area contributed by atoms with E-state index in [0.717, 1.165) is 48.0 Å². The second-order valence-electron chi connectivity index (χ2n) is 5.95. The van der Waals surface area contributed by atoms with Gasteiger partial charge in [0.05, 0.1) is 12.8 Å². The first-order valence-corrected chi connectivity index (χ1v) is 7.79. The van der Waals surface area contributed by atoms with E-state index in [9.17, 15) is 4.79 Å². The van der Waals surface area contributed by atoms with E-state index in [1.807, 2.05) is 24.3 Å². The van der Waals surface area contributed by atoms with Crippen LogP contribution in [0.1, 0.15) is 42.3 Å². The summed E-state index contributed by atoms with van der Waals surface area (Å²) in [4.78, 5) is 17.0. The van der Waals surface area contributed by atoms with E-state index in [1.54, 1.807) is 7.11 Å². The van der Waals surface area contributed by atoms with Crippen molar-refractivity contribution in [2.75, 3.05) is 12.4 Å². The number of rotatable bonds is 2. The molecule has 1 N–H and O–H groups in total. The van der Waals surface area contributed by atoms with Crippen molar-refractivity contribution < 1.29 is 9.53 Å². The van der Waals surface area contributed by atoms with Gasteiger partial charge in [0, 0.05) is 25.3 Å². The highest BCUT2D eigenvalue weighted by Gasteiger charge is 2.33. The average Bonchev–Trinajstić information content (AvgIpc) is 2.93. The third-order valence-corrected chi connectivity index (χ3v) is 4.58. The van der Waals surface area contributed by atoms with Gasteiger partial charge in [-0.25, -0.2) is 4.98 Å². The summed E-state index contributed by atoms with van der Waals surface area (Å²) in [5.74, 6) is 2.89. The van der Waals surface area contributed by atoms with E-state index in [0.29, 0.717) is 6.42 Å². The van der Waals surface area contributed by atoms with Crippen LogP contribution < -0.4 is 10.1 Å². The van der Waals surface area contributed by atoms with Crippen LogP contribution >= 0.6 is 0 Å². The Balaban J connectivity index is 1.82. The Hall–Kier alpha value is -2.30. The van der Waals surface area contributed by atoms with Crippen LogP contribution in [0.2, 0.25) is 0 Å². The number of carbonyl (C=O) groups is 1. The Labute approximate surface area is 129 Å². The van der Waals surface area contributed by atoms with E-state index in [2.05, 4.69) is 9.88 Å². The second kappa shape index (κ2) is 5.16. The van der Waals surface area contributed by atoms with Gasteiger partial charge in [-0.2, -0.15) is 0 Å². The molecule has 0 saturated carbocycles. The summed E-state index contributed by atoms with van der Waals surface area (Å²) in [5, 5.41) is 3.03. The molecule has 1 aromatic heterocycles. The summed E-state index contributed by atoms with van der Waals surface area (Å²) in [6.07, 6.45) is 3.76. The number of benzene rings is 1. The zero-order valence-corrected chi connectivity index (χ0v) is 12.6. The van der Waals surface area contributed by atoms with Gasteiger partial charge in [-0.05, 0) is 30.5 Å². The maximum atomic E-state index is 12.2. The molecule has 1 amide bonds. The van der Waals surface area contributed by atoms with E-state index < -0.39 is 0 Å². The molecule has 0 saturated heterocycles. The highest BCUT2D eigenvalue weighted by molar-refractivity contribution is 5.94. The standard InChI is InChI=1S/C17H19N3O2/c1-22-12-6-4-5-11(9-12)13-10-15(21)19-17-16(13)18-14-7-2-3-8-20(14)17/h4-6,9,13H,2-3,7-8,10H2,1H3,(H,19,21)/t13-/m0/s1. The maximum absolute atomic E-state index is 12.2. The number of aryl methyl sites for hydroxylation is 1. The van der Waals surface area contributed by atoms with Gasteiger partial charge in [-0.3, -0.25) is 4.79 Å². The van der Waals surface area contributed by atoms with Gasteiger partial charge >= 0.3 is 0 Å². The van der Waals surface area contributed by atoms with Crippen molar-refractivity contribution in [3.8, 4) is 5.75 Å². The Bertz CT molecular complexity index is 736. The molecule has 5 heteroatoms. The number of anilines is 1. The molecule has 1 aromatic carbocycles. The Morgan fingerprint density at radius 2 is 2.27 bits per heavy atom. The summed E-state index contributed by atoms with van der Waals surface area (Å²) in [5.41, 5.74) is 2.09. The average molecular weight is 297 g/mol. The predicted octanol–water partition coefficient (Wildman–Crippen LogP) is 2.70. The summed E-state index contributed by atoms with van der Waals surface area (Å²) in [6, 6.07) is 7.95. The van der Waals surface area contributed by atoms with Gasteiger partial charge in [-0.15, -0.1) is 0 Å². The number of hydrogen-bond donors (Lipinski definition) is 1. The number of nitrogens with zero attached hydrogens (tertiary/aromatic N) is 2. The minimum Gasteiger partial charge on any atom is -0.497 e. The molecule has 0 aliphatic carbocycles. The third-order valence-electron chi connectivity index (χ3n) is 4.58. The largest absolute Gasteiger partial charge is 0.497 e. The fraction of sp³-hybridized carbons (Fsp3) is 0.412. The van der Waals surface area contributed by atoms with E-state index in [-0.39, 0.29) is 11.8 Å². The van der Waals surface area contributed by atoms with Gasteiger partial charge in [0.2, 0.25) is 5.91 Å². The molecule has 2 aromatic rings. The number of hydrogen-bond acceptors (Lipinski definition) is 3. The molecule has 0 unspecified atom stereocenters. The molecule has 5 nitrogen and oxygen atoms in total. The Morgan fingerprint density at radius 1 is 1.36 bits per heavy atom. The van der Waals surface area contributed by atoms with Gasteiger partial charge in [0.25, 0.3) is 0 Å². The second-order valence-corrected chi connectivity index (χ2v) is 5.95. The number of aromatic nitrogens is 2. The van der Waals surface area contributed by atoms with Crippen molar-refractivity contribution in [2.45, 2.75) is 38.1 Å². The molecule has 114 valence electrons. The Kier molecular flexibility index (Phi) is 3.13. The van der Waals surface area contributed by atoms with E-state index >= 15 is 0 Å². The number of ether oxygens (including phenoxy) is 1. The minimum absolute atomic E-state index is 0.0111. The molecule has 1 atom stereocenters. The monoisotopic (exact) mass is 297 g/mol. The molecule has 0 fully saturated rings. The lowest BCUT2D eigenvalue weighted by molar-refractivity contribution is -0.116. The summed E-state index contributed by atoms with van der Waals surface area (Å²) in [6.45, 7) is 0.947. The van der Waals surface area contributed by atoms with Crippen molar-refractivity contribution >= 4 is 11.7 Å². The molecular formula is C17H19N3O2. The normalized spacial score (nSPS) is 20.0. The van der Waals surface area contributed by atoms with Crippen LogP contribution in [0.4, 0.5) is 5.82 Å². The van der Waals surface area contributed by atoms with Crippen molar-refractivity contribution in [3.63, 3.8) is 0 Å². The first kappa shape index (κ1) is 13.4. The summed E-state index contributed by atoms with van der Waals surface area (Å²) >= 11 is 0. The van der Waals surface area contributed by atoms with Crippen molar-refractivity contribution in [1.82, 2.24) is 9.55 Å². The van der Waals surface area contributed by atoms with Crippen LogP contribution in [0.25, 0.3) is 0 Å². The zero-order chi connectivity index (χ0) is 15.1.